The Bertz CT molecular complexity index is 1230. The fourth-order valence-corrected chi connectivity index (χ4v) is 6.78. The second kappa shape index (κ2) is 28.3. The molecule has 22 N–H and O–H groups in total. The molecule has 4 aliphatic rings. The highest BCUT2D eigenvalue weighted by atomic mass is 35.5. The molecule has 0 aromatic carbocycles. The van der Waals surface area contributed by atoms with Crippen LogP contribution >= 0.6 is 62.0 Å². The molecule has 4 fully saturated rings. The summed E-state index contributed by atoms with van der Waals surface area (Å²) < 4.78 is 45.5. The van der Waals surface area contributed by atoms with Crippen LogP contribution in [0.3, 0.4) is 0 Å². The lowest BCUT2D eigenvalue weighted by Crippen LogP contribution is -2.70. The summed E-state index contributed by atoms with van der Waals surface area (Å²) in [7, 11) is 0. The Kier molecular flexibility index (Phi) is 29.4. The van der Waals surface area contributed by atoms with E-state index in [-0.39, 0.29) is 68.3 Å². The minimum absolute atomic E-state index is 0. The van der Waals surface area contributed by atoms with Crippen LogP contribution in [0, 0.1) is 0 Å². The Morgan fingerprint density at radius 3 is 1.15 bits per heavy atom. The Morgan fingerprint density at radius 2 is 0.820 bits per heavy atom. The number of hydrogen-bond donors (Lipinski definition) is 17. The lowest BCUT2D eigenvalue weighted by molar-refractivity contribution is -0.361. The largest absolute Gasteiger partial charge is 0.394 e. The van der Waals surface area contributed by atoms with Gasteiger partial charge in [0.2, 0.25) is 0 Å². The fourth-order valence-electron chi connectivity index (χ4n) is 6.78. The topological polar surface area (TPSA) is 464 Å². The number of carbonyl (C=O) groups excluding carboxylic acids is 1. The Balaban J connectivity index is 0. The molecular formula is C30H62Cl5N5O21. The van der Waals surface area contributed by atoms with Gasteiger partial charge in [-0.2, -0.15) is 0 Å². The molecule has 4 heterocycles. The third-order valence-electron chi connectivity index (χ3n) is 10.2. The van der Waals surface area contributed by atoms with Crippen LogP contribution in [-0.4, -0.2) is 248 Å². The zero-order valence-electron chi connectivity index (χ0n) is 31.9. The highest BCUT2D eigenvalue weighted by molar-refractivity contribution is 5.86. The number of aliphatic hydroxyl groups excluding tert-OH is 12. The summed E-state index contributed by atoms with van der Waals surface area (Å²) in [5, 5.41) is 124. The molecule has 24 unspecified atom stereocenters. The minimum Gasteiger partial charge on any atom is -0.394 e. The predicted molar refractivity (Wildman–Crippen MR) is 214 cm³/mol. The third-order valence-corrected chi connectivity index (χ3v) is 10.2. The fraction of sp³-hybridized carbons (Fsp3) is 0.967. The highest BCUT2D eigenvalue weighted by Gasteiger charge is 2.54. The van der Waals surface area contributed by atoms with E-state index in [1.165, 1.54) is 0 Å². The number of hydrogen-bond acceptors (Lipinski definition) is 26. The Hall–Kier alpha value is 0.120. The van der Waals surface area contributed by atoms with Crippen molar-refractivity contribution in [2.75, 3.05) is 33.0 Å². The van der Waals surface area contributed by atoms with E-state index in [1.54, 1.807) is 0 Å². The van der Waals surface area contributed by atoms with E-state index < -0.39 is 180 Å². The van der Waals surface area contributed by atoms with E-state index in [4.69, 9.17) is 66.6 Å². The van der Waals surface area contributed by atoms with Crippen molar-refractivity contribution in [1.29, 1.82) is 0 Å². The summed E-state index contributed by atoms with van der Waals surface area (Å²) in [6.45, 7) is -4.20. The lowest BCUT2D eigenvalue weighted by atomic mass is 9.94. The molecule has 368 valence electrons. The molecule has 31 heteroatoms. The number of halogens is 5. The molecule has 0 bridgehead atoms. The first-order valence-corrected chi connectivity index (χ1v) is 17.8. The van der Waals surface area contributed by atoms with Gasteiger partial charge in [0.1, 0.15) is 97.8 Å². The summed E-state index contributed by atoms with van der Waals surface area (Å²) in [4.78, 5) is 11.1. The molecule has 0 radical (unpaired) electrons. The number of ether oxygens (including phenoxy) is 8. The van der Waals surface area contributed by atoms with Crippen LogP contribution in [0.4, 0.5) is 0 Å². The molecule has 0 aliphatic carbocycles. The number of aliphatic hydroxyl groups is 12. The summed E-state index contributed by atoms with van der Waals surface area (Å²) in [6, 6.07) is -7.52. The van der Waals surface area contributed by atoms with Crippen molar-refractivity contribution in [3.8, 4) is 0 Å². The van der Waals surface area contributed by atoms with Crippen molar-refractivity contribution >= 4 is 68.3 Å². The summed E-state index contributed by atoms with van der Waals surface area (Å²) in [5.41, 5.74) is 30.1. The van der Waals surface area contributed by atoms with Crippen molar-refractivity contribution < 1.29 is 104 Å². The van der Waals surface area contributed by atoms with E-state index in [1.807, 2.05) is 0 Å². The smallest absolute Gasteiger partial charge is 0.176 e. The Morgan fingerprint density at radius 1 is 0.508 bits per heavy atom. The average molecular weight is 1010 g/mol. The molecule has 0 amide bonds. The second-order valence-corrected chi connectivity index (χ2v) is 14.0. The van der Waals surface area contributed by atoms with Crippen molar-refractivity contribution in [3.63, 3.8) is 0 Å². The maximum Gasteiger partial charge on any atom is 0.176 e. The molecule has 0 spiro atoms. The van der Waals surface area contributed by atoms with Crippen LogP contribution in [0.25, 0.3) is 0 Å². The van der Waals surface area contributed by atoms with Gasteiger partial charge in [-0.1, -0.05) is 0 Å². The molecule has 4 aliphatic heterocycles. The maximum absolute atomic E-state index is 11.3. The van der Waals surface area contributed by atoms with Gasteiger partial charge in [-0.15, -0.1) is 62.0 Å². The van der Waals surface area contributed by atoms with Gasteiger partial charge in [-0.3, -0.25) is 0 Å². The third kappa shape index (κ3) is 14.1. The summed E-state index contributed by atoms with van der Waals surface area (Å²) in [6.07, 6.45) is -30.4. The molecule has 24 atom stereocenters. The molecule has 0 saturated carbocycles. The van der Waals surface area contributed by atoms with Gasteiger partial charge in [0, 0.05) is 0 Å². The maximum atomic E-state index is 11.3. The van der Waals surface area contributed by atoms with Crippen LogP contribution in [0.5, 0.6) is 0 Å². The molecule has 0 aromatic rings. The molecule has 0 aromatic heterocycles. The van der Waals surface area contributed by atoms with Gasteiger partial charge < -0.3 is 133 Å². The van der Waals surface area contributed by atoms with Gasteiger partial charge in [0.25, 0.3) is 0 Å². The first-order valence-electron chi connectivity index (χ1n) is 17.8. The summed E-state index contributed by atoms with van der Waals surface area (Å²) in [5.74, 6) is 0. The summed E-state index contributed by atoms with van der Waals surface area (Å²) >= 11 is 0. The lowest BCUT2D eigenvalue weighted by Gasteiger charge is -2.50. The molecule has 26 nitrogen and oxygen atoms in total. The first-order chi connectivity index (χ1) is 26.5. The zero-order valence-corrected chi connectivity index (χ0v) is 36.0. The van der Waals surface area contributed by atoms with E-state index in [0.29, 0.717) is 0 Å². The van der Waals surface area contributed by atoms with E-state index in [9.17, 15) is 66.1 Å². The van der Waals surface area contributed by atoms with Gasteiger partial charge in [0.15, 0.2) is 25.2 Å². The number of rotatable bonds is 17. The van der Waals surface area contributed by atoms with Crippen molar-refractivity contribution in [2.45, 2.75) is 147 Å². The first kappa shape index (κ1) is 63.2. The average Bonchev–Trinajstić information content (AvgIpc) is 3.20. The van der Waals surface area contributed by atoms with Crippen molar-refractivity contribution in [1.82, 2.24) is 0 Å². The van der Waals surface area contributed by atoms with Gasteiger partial charge >= 0.3 is 0 Å². The quantitative estimate of drug-likeness (QED) is 0.0602. The van der Waals surface area contributed by atoms with Crippen molar-refractivity contribution in [3.05, 3.63) is 0 Å². The molecule has 61 heavy (non-hydrogen) atoms. The number of carbonyl (C=O) groups is 1. The van der Waals surface area contributed by atoms with Crippen molar-refractivity contribution in [2.24, 2.45) is 28.7 Å². The molecular weight excluding hydrogens is 944 g/mol. The monoisotopic (exact) mass is 1000 g/mol. The second-order valence-electron chi connectivity index (χ2n) is 14.0. The van der Waals surface area contributed by atoms with Gasteiger partial charge in [-0.25, -0.2) is 0 Å². The van der Waals surface area contributed by atoms with Crippen LogP contribution < -0.4 is 28.7 Å². The molecule has 4 rings (SSSR count). The van der Waals surface area contributed by atoms with E-state index in [2.05, 4.69) is 0 Å². The van der Waals surface area contributed by atoms with Crippen LogP contribution in [0.2, 0.25) is 0 Å². The van der Waals surface area contributed by atoms with Gasteiger partial charge in [-0.05, 0) is 0 Å². The highest BCUT2D eigenvalue weighted by Crippen LogP contribution is 2.33. The SMILES string of the molecule is Cl.Cl.Cl.Cl.Cl.NC(C=O)C(O)C(OC1OC(CO)C(OC2OC(CO)C(OC3OC(CO)C(OC4OC(CO)C(O)C(O)C4N)C(O)C3N)C(O)C2N)C(O)C1N)C(O)CO. The van der Waals surface area contributed by atoms with E-state index >= 15 is 0 Å². The number of nitrogens with two attached hydrogens (primary N) is 5. The van der Waals surface area contributed by atoms with E-state index in [0.717, 1.165) is 0 Å². The van der Waals surface area contributed by atoms with Crippen LogP contribution in [-0.2, 0) is 42.7 Å². The normalized spacial score (nSPS) is 43.3. The molecule has 4 saturated heterocycles. The predicted octanol–water partition coefficient (Wildman–Crippen LogP) is -10.1. The van der Waals surface area contributed by atoms with Crippen LogP contribution in [0.15, 0.2) is 0 Å². The standard InChI is InChI=1S/C30H57N5O21.5ClH/c31-7(1-36)17(43)23(8(42)2-37)53-28-14(33)20(46)25(10(4-39)50-28)55-30-16(35)22(48)26(12(6-41)52-30)56-29-15(34)21(47)24(11(5-40)51-29)54-27-13(32)19(45)18(44)9(3-38)49-27;;;;;/h1,7-30,37-48H,2-6,31-35H2;5*1H. The number of aldehydes is 1. The van der Waals surface area contributed by atoms with Crippen LogP contribution in [0.1, 0.15) is 0 Å². The Labute approximate surface area is 379 Å². The van der Waals surface area contributed by atoms with Gasteiger partial charge in [0.05, 0.1) is 63.2 Å². The zero-order chi connectivity index (χ0) is 41.8. The minimum atomic E-state index is -1.87.